The first-order valence-electron chi connectivity index (χ1n) is 8.56. The van der Waals surface area contributed by atoms with E-state index in [1.807, 2.05) is 48.3 Å². The zero-order chi connectivity index (χ0) is 18.4. The van der Waals surface area contributed by atoms with Crippen LogP contribution in [0.5, 0.6) is 0 Å². The number of carbonyl (C=O) groups excluding carboxylic acids is 1. The summed E-state index contributed by atoms with van der Waals surface area (Å²) in [7, 11) is 1.94. The number of carbonyl (C=O) groups is 1. The summed E-state index contributed by atoms with van der Waals surface area (Å²) < 4.78 is 0. The van der Waals surface area contributed by atoms with Gasteiger partial charge >= 0.3 is 0 Å². The number of amides is 1. The molecule has 3 aromatic carbocycles. The first-order chi connectivity index (χ1) is 12.6. The van der Waals surface area contributed by atoms with Crippen molar-refractivity contribution >= 4 is 22.4 Å². The van der Waals surface area contributed by atoms with Gasteiger partial charge in [0.25, 0.3) is 0 Å². The van der Waals surface area contributed by atoms with E-state index in [4.69, 9.17) is 5.26 Å². The lowest BCUT2D eigenvalue weighted by molar-refractivity contribution is -0.117. The molecule has 4 heteroatoms. The molecule has 0 saturated heterocycles. The molecule has 0 aromatic heterocycles. The Morgan fingerprint density at radius 3 is 2.42 bits per heavy atom. The minimum Gasteiger partial charge on any atom is -0.325 e. The Labute approximate surface area is 153 Å². The average Bonchev–Trinajstić information content (AvgIpc) is 2.63. The summed E-state index contributed by atoms with van der Waals surface area (Å²) in [6, 6.07) is 24.1. The fourth-order valence-corrected chi connectivity index (χ4v) is 2.95. The molecule has 0 bridgehead atoms. The second kappa shape index (κ2) is 8.28. The lowest BCUT2D eigenvalue weighted by Crippen LogP contribution is -2.29. The monoisotopic (exact) mass is 343 g/mol. The van der Waals surface area contributed by atoms with Crippen LogP contribution in [0.2, 0.25) is 0 Å². The van der Waals surface area contributed by atoms with E-state index in [-0.39, 0.29) is 5.91 Å². The third-order valence-electron chi connectivity index (χ3n) is 4.20. The molecule has 26 heavy (non-hydrogen) atoms. The van der Waals surface area contributed by atoms with Crippen LogP contribution in [0, 0.1) is 11.3 Å². The number of likely N-dealkylation sites (N-methyl/N-ethyl adjacent to an activating group) is 1. The highest BCUT2D eigenvalue weighted by atomic mass is 16.2. The van der Waals surface area contributed by atoms with Crippen molar-refractivity contribution < 1.29 is 4.79 Å². The third-order valence-corrected chi connectivity index (χ3v) is 4.20. The molecule has 0 heterocycles. The summed E-state index contributed by atoms with van der Waals surface area (Å²) in [5, 5.41) is 14.0. The zero-order valence-corrected chi connectivity index (χ0v) is 14.8. The summed E-state index contributed by atoms with van der Waals surface area (Å²) >= 11 is 0. The van der Waals surface area contributed by atoms with Gasteiger partial charge in [0.2, 0.25) is 5.91 Å². The normalized spacial score (nSPS) is 10.7. The predicted molar refractivity (Wildman–Crippen MR) is 105 cm³/mol. The quantitative estimate of drug-likeness (QED) is 0.736. The number of nitriles is 1. The van der Waals surface area contributed by atoms with E-state index in [0.29, 0.717) is 19.5 Å². The summed E-state index contributed by atoms with van der Waals surface area (Å²) in [6.07, 6.45) is 0.378. The molecule has 0 unspecified atom stereocenters. The van der Waals surface area contributed by atoms with Crippen molar-refractivity contribution in [2.45, 2.75) is 13.0 Å². The Kier molecular flexibility index (Phi) is 5.62. The minimum atomic E-state index is -0.0543. The highest BCUT2D eigenvalue weighted by molar-refractivity contribution is 5.92. The lowest BCUT2D eigenvalue weighted by atomic mass is 10.1. The van der Waals surface area contributed by atoms with Gasteiger partial charge in [-0.05, 0) is 47.1 Å². The maximum absolute atomic E-state index is 12.2. The van der Waals surface area contributed by atoms with Gasteiger partial charge in [-0.25, -0.2) is 0 Å². The first-order valence-corrected chi connectivity index (χ1v) is 8.56. The van der Waals surface area contributed by atoms with Crippen molar-refractivity contribution in [2.24, 2.45) is 0 Å². The summed E-state index contributed by atoms with van der Waals surface area (Å²) in [4.78, 5) is 14.2. The Morgan fingerprint density at radius 1 is 1.00 bits per heavy atom. The van der Waals surface area contributed by atoms with Gasteiger partial charge in [0.1, 0.15) is 0 Å². The fourth-order valence-electron chi connectivity index (χ4n) is 2.95. The topological polar surface area (TPSA) is 56.1 Å². The van der Waals surface area contributed by atoms with Gasteiger partial charge in [-0.3, -0.25) is 9.69 Å². The van der Waals surface area contributed by atoms with Crippen LogP contribution in [0.3, 0.4) is 0 Å². The molecule has 3 rings (SSSR count). The van der Waals surface area contributed by atoms with Gasteiger partial charge in [0, 0.05) is 12.2 Å². The average molecular weight is 343 g/mol. The molecule has 0 radical (unpaired) electrons. The van der Waals surface area contributed by atoms with Crippen LogP contribution in [0.25, 0.3) is 10.8 Å². The van der Waals surface area contributed by atoms with Crippen molar-refractivity contribution in [1.29, 1.82) is 5.26 Å². The van der Waals surface area contributed by atoms with Crippen molar-refractivity contribution in [3.63, 3.8) is 0 Å². The van der Waals surface area contributed by atoms with Crippen LogP contribution in [-0.2, 0) is 17.8 Å². The highest BCUT2D eigenvalue weighted by Crippen LogP contribution is 2.16. The van der Waals surface area contributed by atoms with Gasteiger partial charge in [0.15, 0.2) is 0 Å². The molecule has 0 aliphatic heterocycles. The summed E-state index contributed by atoms with van der Waals surface area (Å²) in [5.74, 6) is -0.0543. The van der Waals surface area contributed by atoms with Gasteiger partial charge in [-0.2, -0.15) is 5.26 Å². The van der Waals surface area contributed by atoms with E-state index >= 15 is 0 Å². The van der Waals surface area contributed by atoms with Crippen LogP contribution < -0.4 is 5.32 Å². The molecule has 0 saturated carbocycles. The van der Waals surface area contributed by atoms with Crippen LogP contribution in [0.4, 0.5) is 5.69 Å². The molecular weight excluding hydrogens is 322 g/mol. The van der Waals surface area contributed by atoms with Gasteiger partial charge in [-0.1, -0.05) is 48.5 Å². The molecular formula is C22H21N3O. The molecule has 1 N–H and O–H groups in total. The molecule has 0 spiro atoms. The van der Waals surface area contributed by atoms with E-state index < -0.39 is 0 Å². The Hall–Kier alpha value is -3.16. The zero-order valence-electron chi connectivity index (χ0n) is 14.8. The summed E-state index contributed by atoms with van der Waals surface area (Å²) in [6.45, 7) is 1.02. The molecule has 0 aliphatic rings. The first kappa shape index (κ1) is 17.7. The fraction of sp³-hybridized carbons (Fsp3) is 0.182. The molecule has 0 aliphatic carbocycles. The maximum Gasteiger partial charge on any atom is 0.238 e. The van der Waals surface area contributed by atoms with E-state index in [9.17, 15) is 4.79 Å². The lowest BCUT2D eigenvalue weighted by Gasteiger charge is -2.17. The highest BCUT2D eigenvalue weighted by Gasteiger charge is 2.08. The standard InChI is InChI=1S/C22H21N3O/c1-25(15-18-6-9-19-4-2-3-5-20(19)14-18)16-22(26)24-21-10-7-17(8-11-21)12-13-23/h2-11,14H,12,15-16H2,1H3,(H,24,26). The van der Waals surface area contributed by atoms with E-state index in [2.05, 4.69) is 41.7 Å². The number of fused-ring (bicyclic) bond motifs is 1. The number of nitrogens with zero attached hydrogens (tertiary/aromatic N) is 2. The van der Waals surface area contributed by atoms with Crippen molar-refractivity contribution in [1.82, 2.24) is 4.90 Å². The van der Waals surface area contributed by atoms with Gasteiger partial charge in [-0.15, -0.1) is 0 Å². The van der Waals surface area contributed by atoms with Gasteiger partial charge < -0.3 is 5.32 Å². The number of hydrogen-bond donors (Lipinski definition) is 1. The maximum atomic E-state index is 12.2. The van der Waals surface area contributed by atoms with E-state index in [1.165, 1.54) is 16.3 Å². The van der Waals surface area contributed by atoms with Crippen LogP contribution in [0.1, 0.15) is 11.1 Å². The van der Waals surface area contributed by atoms with E-state index in [0.717, 1.165) is 11.3 Å². The number of rotatable bonds is 6. The Bertz CT molecular complexity index is 942. The Morgan fingerprint density at radius 2 is 1.69 bits per heavy atom. The molecule has 130 valence electrons. The van der Waals surface area contributed by atoms with Crippen molar-refractivity contribution in [3.8, 4) is 6.07 Å². The number of hydrogen-bond acceptors (Lipinski definition) is 3. The van der Waals surface area contributed by atoms with Crippen molar-refractivity contribution in [3.05, 3.63) is 77.9 Å². The smallest absolute Gasteiger partial charge is 0.238 e. The predicted octanol–water partition coefficient (Wildman–Crippen LogP) is 3.98. The van der Waals surface area contributed by atoms with E-state index in [1.54, 1.807) is 0 Å². The van der Waals surface area contributed by atoms with Crippen molar-refractivity contribution in [2.75, 3.05) is 18.9 Å². The van der Waals surface area contributed by atoms with Crippen LogP contribution >= 0.6 is 0 Å². The number of benzene rings is 3. The molecule has 0 atom stereocenters. The molecule has 3 aromatic rings. The van der Waals surface area contributed by atoms with Crippen LogP contribution in [0.15, 0.2) is 66.7 Å². The molecule has 1 amide bonds. The van der Waals surface area contributed by atoms with Gasteiger partial charge in [0.05, 0.1) is 19.0 Å². The molecule has 4 nitrogen and oxygen atoms in total. The number of nitrogens with one attached hydrogen (secondary N) is 1. The largest absolute Gasteiger partial charge is 0.325 e. The minimum absolute atomic E-state index is 0.0543. The SMILES string of the molecule is CN(CC(=O)Nc1ccc(CC#N)cc1)Cc1ccc2ccccc2c1. The van der Waals surface area contributed by atoms with Crippen LogP contribution in [-0.4, -0.2) is 24.4 Å². The number of anilines is 1. The third kappa shape index (κ3) is 4.69. The second-order valence-corrected chi connectivity index (χ2v) is 6.43. The Balaban J connectivity index is 1.55. The summed E-state index contributed by atoms with van der Waals surface area (Å²) in [5.41, 5.74) is 2.87. The molecule has 0 fully saturated rings. The second-order valence-electron chi connectivity index (χ2n) is 6.43.